The average molecular weight is 439 g/mol. The summed E-state index contributed by atoms with van der Waals surface area (Å²) in [4.78, 5) is 12.4. The molecule has 1 aliphatic heterocycles. The maximum Gasteiger partial charge on any atom is 0.282 e. The Morgan fingerprint density at radius 3 is 2.27 bits per heavy atom. The van der Waals surface area contributed by atoms with Crippen LogP contribution in [-0.4, -0.2) is 76.3 Å². The van der Waals surface area contributed by atoms with Crippen LogP contribution >= 0.6 is 0 Å². The van der Waals surface area contributed by atoms with Crippen molar-refractivity contribution < 1.29 is 17.8 Å². The first-order valence-electron chi connectivity index (χ1n) is 9.85. The summed E-state index contributed by atoms with van der Waals surface area (Å²) in [6.45, 7) is 8.38. The van der Waals surface area contributed by atoms with Gasteiger partial charge in [0.1, 0.15) is 0 Å². The number of nitro groups is 1. The number of hydrogen-bond acceptors (Lipinski definition) is 8. The lowest BCUT2D eigenvalue weighted by Crippen LogP contribution is -2.53. The highest BCUT2D eigenvalue weighted by molar-refractivity contribution is 7.86. The predicted molar refractivity (Wildman–Crippen MR) is 110 cm³/mol. The van der Waals surface area contributed by atoms with Gasteiger partial charge in [-0.1, -0.05) is 13.8 Å². The number of benzene rings is 1. The third-order valence-corrected chi connectivity index (χ3v) is 7.49. The first-order valence-corrected chi connectivity index (χ1v) is 11.2. The molecule has 30 heavy (non-hydrogen) atoms. The Morgan fingerprint density at radius 2 is 1.73 bits per heavy atom. The molecule has 12 heteroatoms. The maximum atomic E-state index is 12.7. The molecule has 2 aromatic rings. The lowest BCUT2D eigenvalue weighted by atomic mass is 10.2. The minimum absolute atomic E-state index is 0.00982. The van der Waals surface area contributed by atoms with Crippen molar-refractivity contribution in [1.82, 2.24) is 23.7 Å². The van der Waals surface area contributed by atoms with Gasteiger partial charge >= 0.3 is 0 Å². The minimum Gasteiger partial charge on any atom is -0.419 e. The van der Waals surface area contributed by atoms with E-state index in [4.69, 9.17) is 4.42 Å². The molecule has 1 aromatic heterocycles. The zero-order valence-corrected chi connectivity index (χ0v) is 18.1. The molecular weight excluding hydrogens is 412 g/mol. The summed E-state index contributed by atoms with van der Waals surface area (Å²) in [5, 5.41) is 18.9. The van der Waals surface area contributed by atoms with E-state index in [2.05, 4.69) is 15.1 Å². The number of piperazine rings is 1. The fourth-order valence-corrected chi connectivity index (χ4v) is 5.04. The Kier molecular flexibility index (Phi) is 6.81. The van der Waals surface area contributed by atoms with E-state index < -0.39 is 15.1 Å². The van der Waals surface area contributed by atoms with E-state index in [-0.39, 0.29) is 17.6 Å². The summed E-state index contributed by atoms with van der Waals surface area (Å²) < 4.78 is 34.1. The average Bonchev–Trinajstić information content (AvgIpc) is 3.24. The summed E-state index contributed by atoms with van der Waals surface area (Å²) in [6.07, 6.45) is 0. The summed E-state index contributed by atoms with van der Waals surface area (Å²) in [5.41, 5.74) is 0.589. The van der Waals surface area contributed by atoms with Gasteiger partial charge in [-0.15, -0.1) is 10.2 Å². The number of rotatable bonds is 8. The van der Waals surface area contributed by atoms with E-state index in [0.29, 0.717) is 50.7 Å². The second kappa shape index (κ2) is 9.16. The minimum atomic E-state index is -3.44. The molecule has 0 N–H and O–H groups in total. The predicted octanol–water partition coefficient (Wildman–Crippen LogP) is 1.91. The molecule has 0 radical (unpaired) electrons. The SMILES string of the molecule is CCN(CC)S(=O)(=O)N1CCN(C(C)c2nnc(-c3ccc([N+](=O)[O-])cc3)o2)CC1. The second-order valence-electron chi connectivity index (χ2n) is 6.95. The summed E-state index contributed by atoms with van der Waals surface area (Å²) in [7, 11) is -3.44. The zero-order valence-electron chi connectivity index (χ0n) is 17.3. The molecule has 1 aliphatic rings. The van der Waals surface area contributed by atoms with Gasteiger partial charge in [0.05, 0.1) is 11.0 Å². The maximum absolute atomic E-state index is 12.7. The summed E-state index contributed by atoms with van der Waals surface area (Å²) in [5.74, 6) is 0.706. The summed E-state index contributed by atoms with van der Waals surface area (Å²) in [6, 6.07) is 5.73. The van der Waals surface area contributed by atoms with Gasteiger partial charge in [0, 0.05) is 57.0 Å². The normalized spacial score (nSPS) is 17.3. The second-order valence-corrected chi connectivity index (χ2v) is 8.88. The molecule has 0 amide bonds. The quantitative estimate of drug-likeness (QED) is 0.452. The molecule has 0 aliphatic carbocycles. The molecule has 1 aromatic carbocycles. The molecule has 1 fully saturated rings. The highest BCUT2D eigenvalue weighted by atomic mass is 32.2. The van der Waals surface area contributed by atoms with Gasteiger partial charge in [0.25, 0.3) is 15.9 Å². The van der Waals surface area contributed by atoms with E-state index >= 15 is 0 Å². The highest BCUT2D eigenvalue weighted by Crippen LogP contribution is 2.26. The van der Waals surface area contributed by atoms with Crippen LogP contribution in [0.3, 0.4) is 0 Å². The van der Waals surface area contributed by atoms with Crippen LogP contribution in [-0.2, 0) is 10.2 Å². The van der Waals surface area contributed by atoms with Gasteiger partial charge in [-0.2, -0.15) is 17.0 Å². The topological polar surface area (TPSA) is 126 Å². The van der Waals surface area contributed by atoms with E-state index in [1.54, 1.807) is 12.1 Å². The molecule has 0 saturated carbocycles. The Bertz CT molecular complexity index is 965. The van der Waals surface area contributed by atoms with Gasteiger partial charge in [-0.3, -0.25) is 15.0 Å². The number of non-ortho nitro benzene ring substituents is 1. The van der Waals surface area contributed by atoms with Crippen LogP contribution in [0.25, 0.3) is 11.5 Å². The van der Waals surface area contributed by atoms with Crippen LogP contribution in [0.5, 0.6) is 0 Å². The van der Waals surface area contributed by atoms with E-state index in [0.717, 1.165) is 0 Å². The molecule has 11 nitrogen and oxygen atoms in total. The Balaban J connectivity index is 1.65. The Hall–Kier alpha value is -2.41. The van der Waals surface area contributed by atoms with Gasteiger partial charge in [-0.25, -0.2) is 0 Å². The van der Waals surface area contributed by atoms with Crippen LogP contribution in [0, 0.1) is 10.1 Å². The number of aromatic nitrogens is 2. The van der Waals surface area contributed by atoms with Crippen LogP contribution < -0.4 is 0 Å². The van der Waals surface area contributed by atoms with E-state index in [1.807, 2.05) is 20.8 Å². The van der Waals surface area contributed by atoms with Crippen LogP contribution in [0.2, 0.25) is 0 Å². The molecule has 164 valence electrons. The first kappa shape index (κ1) is 22.3. The van der Waals surface area contributed by atoms with E-state index in [9.17, 15) is 18.5 Å². The van der Waals surface area contributed by atoms with Crippen LogP contribution in [0.15, 0.2) is 28.7 Å². The molecule has 1 saturated heterocycles. The highest BCUT2D eigenvalue weighted by Gasteiger charge is 2.33. The first-order chi connectivity index (χ1) is 14.3. The zero-order chi connectivity index (χ0) is 21.9. The van der Waals surface area contributed by atoms with Gasteiger partial charge in [-0.05, 0) is 19.1 Å². The number of nitrogens with zero attached hydrogens (tertiary/aromatic N) is 6. The van der Waals surface area contributed by atoms with Crippen molar-refractivity contribution in [2.75, 3.05) is 39.3 Å². The number of hydrogen-bond donors (Lipinski definition) is 0. The van der Waals surface area contributed by atoms with Crippen molar-refractivity contribution >= 4 is 15.9 Å². The molecule has 1 atom stereocenters. The van der Waals surface area contributed by atoms with Crippen LogP contribution in [0.1, 0.15) is 32.7 Å². The summed E-state index contributed by atoms with van der Waals surface area (Å²) >= 11 is 0. The third kappa shape index (κ3) is 4.51. The molecule has 2 heterocycles. The fraction of sp³-hybridized carbons (Fsp3) is 0.556. The van der Waals surface area contributed by atoms with Gasteiger partial charge in [0.2, 0.25) is 11.8 Å². The van der Waals surface area contributed by atoms with Crippen molar-refractivity contribution in [1.29, 1.82) is 0 Å². The standard InChI is InChI=1S/C18H26N6O5S/c1-4-22(5-2)30(27,28)23-12-10-21(11-13-23)14(3)17-19-20-18(29-17)15-6-8-16(9-7-15)24(25)26/h6-9,14H,4-5,10-13H2,1-3H3. The molecular formula is C18H26N6O5S. The molecule has 3 rings (SSSR count). The van der Waals surface area contributed by atoms with Crippen molar-refractivity contribution in [3.8, 4) is 11.5 Å². The van der Waals surface area contributed by atoms with Crippen molar-refractivity contribution in [3.05, 3.63) is 40.3 Å². The molecule has 1 unspecified atom stereocenters. The lowest BCUT2D eigenvalue weighted by Gasteiger charge is -2.37. The van der Waals surface area contributed by atoms with Gasteiger partial charge < -0.3 is 4.42 Å². The van der Waals surface area contributed by atoms with Crippen molar-refractivity contribution in [3.63, 3.8) is 0 Å². The molecule has 0 bridgehead atoms. The van der Waals surface area contributed by atoms with Crippen molar-refractivity contribution in [2.24, 2.45) is 0 Å². The molecule has 0 spiro atoms. The number of nitro benzene ring substituents is 1. The largest absolute Gasteiger partial charge is 0.419 e. The Morgan fingerprint density at radius 1 is 1.13 bits per heavy atom. The van der Waals surface area contributed by atoms with E-state index in [1.165, 1.54) is 20.7 Å². The lowest BCUT2D eigenvalue weighted by molar-refractivity contribution is -0.384. The van der Waals surface area contributed by atoms with Crippen molar-refractivity contribution in [2.45, 2.75) is 26.8 Å². The Labute approximate surface area is 175 Å². The van der Waals surface area contributed by atoms with Crippen LogP contribution in [0.4, 0.5) is 5.69 Å². The smallest absolute Gasteiger partial charge is 0.282 e. The fourth-order valence-electron chi connectivity index (χ4n) is 3.44. The third-order valence-electron chi connectivity index (χ3n) is 5.30. The monoisotopic (exact) mass is 438 g/mol. The van der Waals surface area contributed by atoms with Gasteiger partial charge in [0.15, 0.2) is 0 Å².